The normalized spacial score (nSPS) is 10.3. The lowest BCUT2D eigenvalue weighted by Gasteiger charge is -2.10. The van der Waals surface area contributed by atoms with E-state index in [1.54, 1.807) is 24.3 Å². The van der Waals surface area contributed by atoms with Crippen LogP contribution in [-0.4, -0.2) is 5.84 Å². The van der Waals surface area contributed by atoms with Crippen LogP contribution in [0.5, 0.6) is 5.75 Å². The number of ether oxygens (including phenoxy) is 1. The second kappa shape index (κ2) is 6.24. The van der Waals surface area contributed by atoms with Crippen molar-refractivity contribution in [3.8, 4) is 5.75 Å². The highest BCUT2D eigenvalue weighted by atomic mass is 79.9. The monoisotopic (exact) mass is 356 g/mol. The molecule has 104 valence electrons. The molecule has 3 nitrogen and oxygen atoms in total. The SMILES string of the molecule is N=C(N)c1ccc(COc2ccc(Br)cc2F)c(Cl)c1. The van der Waals surface area contributed by atoms with Gasteiger partial charge in [-0.1, -0.05) is 39.7 Å². The van der Waals surface area contributed by atoms with E-state index in [1.165, 1.54) is 12.1 Å². The van der Waals surface area contributed by atoms with Gasteiger partial charge >= 0.3 is 0 Å². The molecular formula is C14H11BrClFN2O. The van der Waals surface area contributed by atoms with Gasteiger partial charge in [-0.15, -0.1) is 0 Å². The molecule has 6 heteroatoms. The van der Waals surface area contributed by atoms with Crippen LogP contribution in [0.1, 0.15) is 11.1 Å². The molecule has 0 aliphatic rings. The summed E-state index contributed by atoms with van der Waals surface area (Å²) in [5.41, 5.74) is 6.60. The molecule has 0 radical (unpaired) electrons. The number of hydrogen-bond acceptors (Lipinski definition) is 2. The summed E-state index contributed by atoms with van der Waals surface area (Å²) in [6.07, 6.45) is 0. The van der Waals surface area contributed by atoms with Crippen LogP contribution in [-0.2, 0) is 6.61 Å². The van der Waals surface area contributed by atoms with E-state index in [9.17, 15) is 4.39 Å². The van der Waals surface area contributed by atoms with Gasteiger partial charge in [-0.2, -0.15) is 0 Å². The Labute approximate surface area is 129 Å². The van der Waals surface area contributed by atoms with E-state index in [4.69, 9.17) is 27.5 Å². The van der Waals surface area contributed by atoms with Crippen LogP contribution in [0.2, 0.25) is 5.02 Å². The smallest absolute Gasteiger partial charge is 0.166 e. The molecule has 0 atom stereocenters. The third-order valence-corrected chi connectivity index (χ3v) is 3.49. The quantitative estimate of drug-likeness (QED) is 0.639. The average molecular weight is 358 g/mol. The van der Waals surface area contributed by atoms with Gasteiger partial charge in [0.2, 0.25) is 0 Å². The topological polar surface area (TPSA) is 59.1 Å². The molecule has 0 saturated carbocycles. The molecular weight excluding hydrogens is 347 g/mol. The number of nitrogen functional groups attached to an aromatic ring is 1. The molecule has 0 saturated heterocycles. The number of amidine groups is 1. The van der Waals surface area contributed by atoms with E-state index in [0.717, 1.165) is 0 Å². The lowest BCUT2D eigenvalue weighted by atomic mass is 10.1. The van der Waals surface area contributed by atoms with E-state index in [0.29, 0.717) is 20.6 Å². The maximum atomic E-state index is 13.6. The Bertz CT molecular complexity index is 664. The molecule has 0 aromatic heterocycles. The van der Waals surface area contributed by atoms with Crippen molar-refractivity contribution in [3.63, 3.8) is 0 Å². The Morgan fingerprint density at radius 1 is 1.30 bits per heavy atom. The molecule has 0 aliphatic heterocycles. The molecule has 2 aromatic carbocycles. The van der Waals surface area contributed by atoms with E-state index in [2.05, 4.69) is 15.9 Å². The number of rotatable bonds is 4. The van der Waals surface area contributed by atoms with Crippen molar-refractivity contribution in [1.29, 1.82) is 5.41 Å². The fourth-order valence-corrected chi connectivity index (χ4v) is 2.15. The zero-order valence-corrected chi connectivity index (χ0v) is 12.6. The standard InChI is InChI=1S/C14H11BrClFN2O/c15-10-3-4-13(12(17)6-10)20-7-9-2-1-8(14(18)19)5-11(9)16/h1-6H,7H2,(H3,18,19). The first-order valence-corrected chi connectivity index (χ1v) is 6.85. The summed E-state index contributed by atoms with van der Waals surface area (Å²) in [7, 11) is 0. The van der Waals surface area contributed by atoms with Crippen molar-refractivity contribution in [2.75, 3.05) is 0 Å². The number of hydrogen-bond donors (Lipinski definition) is 2. The molecule has 2 aromatic rings. The van der Waals surface area contributed by atoms with Gasteiger partial charge in [0, 0.05) is 20.6 Å². The summed E-state index contributed by atoms with van der Waals surface area (Å²) in [5, 5.41) is 7.75. The van der Waals surface area contributed by atoms with Gasteiger partial charge in [-0.25, -0.2) is 4.39 Å². The number of benzene rings is 2. The minimum Gasteiger partial charge on any atom is -0.486 e. The van der Waals surface area contributed by atoms with Crippen molar-refractivity contribution >= 4 is 33.4 Å². The molecule has 2 rings (SSSR count). The first kappa shape index (κ1) is 14.8. The molecule has 3 N–H and O–H groups in total. The second-order valence-electron chi connectivity index (χ2n) is 4.08. The molecule has 0 spiro atoms. The van der Waals surface area contributed by atoms with E-state index in [1.807, 2.05) is 0 Å². The molecule has 0 bridgehead atoms. The van der Waals surface area contributed by atoms with Crippen LogP contribution in [0, 0.1) is 11.2 Å². The Hall–Kier alpha value is -1.59. The predicted octanol–water partition coefficient (Wildman–Crippen LogP) is 4.10. The zero-order chi connectivity index (χ0) is 14.7. The van der Waals surface area contributed by atoms with E-state index < -0.39 is 5.82 Å². The summed E-state index contributed by atoms with van der Waals surface area (Å²) < 4.78 is 19.6. The fraction of sp³-hybridized carbons (Fsp3) is 0.0714. The molecule has 0 heterocycles. The first-order valence-electron chi connectivity index (χ1n) is 5.68. The third-order valence-electron chi connectivity index (χ3n) is 2.64. The second-order valence-corrected chi connectivity index (χ2v) is 5.41. The Morgan fingerprint density at radius 2 is 2.05 bits per heavy atom. The van der Waals surface area contributed by atoms with Gasteiger partial charge < -0.3 is 10.5 Å². The lowest BCUT2D eigenvalue weighted by molar-refractivity contribution is 0.290. The van der Waals surface area contributed by atoms with E-state index in [-0.39, 0.29) is 18.2 Å². The highest BCUT2D eigenvalue weighted by Crippen LogP contribution is 2.24. The minimum absolute atomic E-state index is 0.0571. The van der Waals surface area contributed by atoms with E-state index >= 15 is 0 Å². The third kappa shape index (κ3) is 3.49. The van der Waals surface area contributed by atoms with Crippen LogP contribution in [0.3, 0.4) is 0 Å². The van der Waals surface area contributed by atoms with Crippen molar-refractivity contribution in [3.05, 3.63) is 62.8 Å². The lowest BCUT2D eigenvalue weighted by Crippen LogP contribution is -2.11. The van der Waals surface area contributed by atoms with Crippen molar-refractivity contribution in [2.24, 2.45) is 5.73 Å². The number of nitrogens with one attached hydrogen (secondary N) is 1. The zero-order valence-electron chi connectivity index (χ0n) is 10.3. The van der Waals surface area contributed by atoms with Gasteiger partial charge in [0.25, 0.3) is 0 Å². The Balaban J connectivity index is 2.13. The molecule has 0 aliphatic carbocycles. The Morgan fingerprint density at radius 3 is 2.65 bits per heavy atom. The number of nitrogens with two attached hydrogens (primary N) is 1. The van der Waals surface area contributed by atoms with Crippen molar-refractivity contribution < 1.29 is 9.13 Å². The van der Waals surface area contributed by atoms with Gasteiger partial charge in [0.1, 0.15) is 12.4 Å². The highest BCUT2D eigenvalue weighted by molar-refractivity contribution is 9.10. The van der Waals surface area contributed by atoms with Gasteiger partial charge in [0.15, 0.2) is 11.6 Å². The van der Waals surface area contributed by atoms with Gasteiger partial charge in [0.05, 0.1) is 0 Å². The van der Waals surface area contributed by atoms with Crippen molar-refractivity contribution in [1.82, 2.24) is 0 Å². The molecule has 0 unspecified atom stereocenters. The summed E-state index contributed by atoms with van der Waals surface area (Å²) in [6, 6.07) is 9.52. The van der Waals surface area contributed by atoms with Gasteiger partial charge in [-0.3, -0.25) is 5.41 Å². The predicted molar refractivity (Wildman–Crippen MR) is 80.9 cm³/mol. The summed E-state index contributed by atoms with van der Waals surface area (Å²) in [6.45, 7) is 0.134. The first-order chi connectivity index (χ1) is 9.47. The molecule has 20 heavy (non-hydrogen) atoms. The molecule has 0 fully saturated rings. The highest BCUT2D eigenvalue weighted by Gasteiger charge is 2.07. The summed E-state index contributed by atoms with van der Waals surface area (Å²) in [4.78, 5) is 0. The fourth-order valence-electron chi connectivity index (χ4n) is 1.58. The maximum absolute atomic E-state index is 13.6. The summed E-state index contributed by atoms with van der Waals surface area (Å²) >= 11 is 9.25. The Kier molecular flexibility index (Phi) is 4.62. The van der Waals surface area contributed by atoms with Gasteiger partial charge in [-0.05, 0) is 24.3 Å². The largest absolute Gasteiger partial charge is 0.486 e. The van der Waals surface area contributed by atoms with Crippen LogP contribution >= 0.6 is 27.5 Å². The van der Waals surface area contributed by atoms with Crippen LogP contribution in [0.25, 0.3) is 0 Å². The number of halogens is 3. The van der Waals surface area contributed by atoms with Crippen LogP contribution in [0.15, 0.2) is 40.9 Å². The van der Waals surface area contributed by atoms with Crippen LogP contribution in [0.4, 0.5) is 4.39 Å². The average Bonchev–Trinajstić information content (AvgIpc) is 2.38. The van der Waals surface area contributed by atoms with Crippen molar-refractivity contribution in [2.45, 2.75) is 6.61 Å². The van der Waals surface area contributed by atoms with Crippen LogP contribution < -0.4 is 10.5 Å². The minimum atomic E-state index is -0.448. The molecule has 0 amide bonds. The summed E-state index contributed by atoms with van der Waals surface area (Å²) in [5.74, 6) is -0.353. The maximum Gasteiger partial charge on any atom is 0.166 e.